The van der Waals surface area contributed by atoms with E-state index in [9.17, 15) is 9.59 Å². The second-order valence-corrected chi connectivity index (χ2v) is 6.39. The molecule has 2 aromatic carbocycles. The number of benzene rings is 2. The number of nitrogens with one attached hydrogen (secondary N) is 2. The first kappa shape index (κ1) is 19.5. The lowest BCUT2D eigenvalue weighted by molar-refractivity contribution is -0.123. The van der Waals surface area contributed by atoms with E-state index in [4.69, 9.17) is 4.74 Å². The lowest BCUT2D eigenvalue weighted by Crippen LogP contribution is -2.36. The number of ether oxygens (including phenoxy) is 1. The number of amides is 2. The first-order chi connectivity index (χ1) is 12.4. The summed E-state index contributed by atoms with van der Waals surface area (Å²) in [5, 5.41) is 5.53. The minimum atomic E-state index is -0.216. The van der Waals surface area contributed by atoms with Crippen molar-refractivity contribution in [1.82, 2.24) is 10.6 Å². The SMILES string of the molecule is Cc1ccc(C(=O)NCCNC(=O)COc2cccc(C)c2C)cc1C. The zero-order valence-electron chi connectivity index (χ0n) is 15.8. The molecule has 0 saturated carbocycles. The van der Waals surface area contributed by atoms with Crippen molar-refractivity contribution in [3.8, 4) is 5.75 Å². The van der Waals surface area contributed by atoms with Gasteiger partial charge < -0.3 is 15.4 Å². The molecule has 0 atom stereocenters. The van der Waals surface area contributed by atoms with Gasteiger partial charge in [0.15, 0.2) is 6.61 Å². The number of hydrogen-bond acceptors (Lipinski definition) is 3. The molecule has 0 fully saturated rings. The Labute approximate surface area is 154 Å². The molecule has 5 heteroatoms. The first-order valence-electron chi connectivity index (χ1n) is 8.69. The summed E-state index contributed by atoms with van der Waals surface area (Å²) in [6.45, 7) is 8.61. The largest absolute Gasteiger partial charge is 0.483 e. The molecule has 0 bridgehead atoms. The van der Waals surface area contributed by atoms with Crippen LogP contribution in [-0.4, -0.2) is 31.5 Å². The van der Waals surface area contributed by atoms with Crippen LogP contribution in [0.1, 0.15) is 32.6 Å². The van der Waals surface area contributed by atoms with Crippen molar-refractivity contribution in [2.24, 2.45) is 0 Å². The molecular formula is C21H26N2O3. The predicted octanol–water partition coefficient (Wildman–Crippen LogP) is 2.85. The summed E-state index contributed by atoms with van der Waals surface area (Å²) in [5.74, 6) is 0.350. The van der Waals surface area contributed by atoms with E-state index in [1.807, 2.05) is 58.0 Å². The number of rotatable bonds is 7. The van der Waals surface area contributed by atoms with Gasteiger partial charge in [-0.3, -0.25) is 9.59 Å². The Kier molecular flexibility index (Phi) is 6.78. The van der Waals surface area contributed by atoms with Crippen molar-refractivity contribution < 1.29 is 14.3 Å². The average molecular weight is 354 g/mol. The Balaban J connectivity index is 1.70. The van der Waals surface area contributed by atoms with E-state index in [0.717, 1.165) is 22.3 Å². The summed E-state index contributed by atoms with van der Waals surface area (Å²) in [5.41, 5.74) is 5.00. The van der Waals surface area contributed by atoms with Crippen molar-refractivity contribution in [3.63, 3.8) is 0 Å². The van der Waals surface area contributed by atoms with E-state index < -0.39 is 0 Å². The van der Waals surface area contributed by atoms with Gasteiger partial charge in [0, 0.05) is 18.7 Å². The van der Waals surface area contributed by atoms with E-state index in [1.165, 1.54) is 0 Å². The Morgan fingerprint density at radius 2 is 1.62 bits per heavy atom. The van der Waals surface area contributed by atoms with Gasteiger partial charge in [-0.1, -0.05) is 18.2 Å². The monoisotopic (exact) mass is 354 g/mol. The van der Waals surface area contributed by atoms with Crippen LogP contribution in [0, 0.1) is 27.7 Å². The summed E-state index contributed by atoms with van der Waals surface area (Å²) in [4.78, 5) is 23.9. The number of carbonyl (C=O) groups is 2. The molecule has 0 unspecified atom stereocenters. The molecule has 0 heterocycles. The zero-order chi connectivity index (χ0) is 19.1. The highest BCUT2D eigenvalue weighted by molar-refractivity contribution is 5.94. The molecule has 2 amide bonds. The van der Waals surface area contributed by atoms with Crippen LogP contribution in [-0.2, 0) is 4.79 Å². The van der Waals surface area contributed by atoms with Gasteiger partial charge in [0.25, 0.3) is 11.8 Å². The second-order valence-electron chi connectivity index (χ2n) is 6.39. The molecule has 138 valence electrons. The van der Waals surface area contributed by atoms with E-state index in [-0.39, 0.29) is 18.4 Å². The molecule has 0 aliphatic carbocycles. The van der Waals surface area contributed by atoms with Crippen molar-refractivity contribution >= 4 is 11.8 Å². The van der Waals surface area contributed by atoms with Crippen LogP contribution in [0.3, 0.4) is 0 Å². The van der Waals surface area contributed by atoms with Gasteiger partial charge in [-0.25, -0.2) is 0 Å². The molecule has 5 nitrogen and oxygen atoms in total. The standard InChI is InChI=1S/C21H26N2O3/c1-14-8-9-18(12-16(14)3)21(25)23-11-10-22-20(24)13-26-19-7-5-6-15(2)17(19)4/h5-9,12H,10-11,13H2,1-4H3,(H,22,24)(H,23,25). The predicted molar refractivity (Wildman–Crippen MR) is 103 cm³/mol. The Morgan fingerprint density at radius 3 is 2.35 bits per heavy atom. The van der Waals surface area contributed by atoms with E-state index in [0.29, 0.717) is 24.4 Å². The van der Waals surface area contributed by atoms with Crippen molar-refractivity contribution in [2.45, 2.75) is 27.7 Å². The molecule has 0 aliphatic rings. The lowest BCUT2D eigenvalue weighted by atomic mass is 10.1. The maximum Gasteiger partial charge on any atom is 0.258 e. The number of hydrogen-bond donors (Lipinski definition) is 2. The average Bonchev–Trinajstić information content (AvgIpc) is 2.62. The third-order valence-electron chi connectivity index (χ3n) is 4.42. The zero-order valence-corrected chi connectivity index (χ0v) is 15.8. The van der Waals surface area contributed by atoms with Crippen LogP contribution >= 0.6 is 0 Å². The fourth-order valence-corrected chi connectivity index (χ4v) is 2.44. The minimum absolute atomic E-state index is 0.0462. The van der Waals surface area contributed by atoms with Gasteiger partial charge in [-0.2, -0.15) is 0 Å². The molecule has 0 aliphatic heterocycles. The maximum atomic E-state index is 12.1. The third-order valence-corrected chi connectivity index (χ3v) is 4.42. The van der Waals surface area contributed by atoms with E-state index >= 15 is 0 Å². The lowest BCUT2D eigenvalue weighted by Gasteiger charge is -2.11. The van der Waals surface area contributed by atoms with Crippen molar-refractivity contribution in [2.75, 3.05) is 19.7 Å². The summed E-state index contributed by atoms with van der Waals surface area (Å²) < 4.78 is 5.55. The van der Waals surface area contributed by atoms with Crippen molar-refractivity contribution in [1.29, 1.82) is 0 Å². The van der Waals surface area contributed by atoms with Gasteiger partial charge in [-0.15, -0.1) is 0 Å². The molecule has 0 radical (unpaired) electrons. The van der Waals surface area contributed by atoms with Crippen LogP contribution in [0.15, 0.2) is 36.4 Å². The van der Waals surface area contributed by atoms with Gasteiger partial charge in [-0.05, 0) is 68.1 Å². The van der Waals surface area contributed by atoms with E-state index in [1.54, 1.807) is 6.07 Å². The van der Waals surface area contributed by atoms with E-state index in [2.05, 4.69) is 10.6 Å². The molecule has 2 rings (SSSR count). The molecule has 2 N–H and O–H groups in total. The minimum Gasteiger partial charge on any atom is -0.483 e. The normalized spacial score (nSPS) is 10.3. The Bertz CT molecular complexity index is 800. The number of carbonyl (C=O) groups excluding carboxylic acids is 2. The molecule has 2 aromatic rings. The number of aryl methyl sites for hydroxylation is 3. The molecule has 26 heavy (non-hydrogen) atoms. The molecule has 0 spiro atoms. The van der Waals surface area contributed by atoms with Gasteiger partial charge in [0.2, 0.25) is 0 Å². The summed E-state index contributed by atoms with van der Waals surface area (Å²) >= 11 is 0. The second kappa shape index (κ2) is 9.04. The Morgan fingerprint density at radius 1 is 0.885 bits per heavy atom. The van der Waals surface area contributed by atoms with Gasteiger partial charge >= 0.3 is 0 Å². The maximum absolute atomic E-state index is 12.1. The van der Waals surface area contributed by atoms with Gasteiger partial charge in [0.1, 0.15) is 5.75 Å². The Hall–Kier alpha value is -2.82. The smallest absolute Gasteiger partial charge is 0.258 e. The van der Waals surface area contributed by atoms with Crippen LogP contribution in [0.2, 0.25) is 0 Å². The molecule has 0 aromatic heterocycles. The highest BCUT2D eigenvalue weighted by Gasteiger charge is 2.08. The van der Waals surface area contributed by atoms with Crippen LogP contribution in [0.5, 0.6) is 5.75 Å². The topological polar surface area (TPSA) is 67.4 Å². The third kappa shape index (κ3) is 5.34. The van der Waals surface area contributed by atoms with Crippen LogP contribution < -0.4 is 15.4 Å². The van der Waals surface area contributed by atoms with Crippen molar-refractivity contribution in [3.05, 3.63) is 64.2 Å². The molecular weight excluding hydrogens is 328 g/mol. The molecule has 0 saturated heterocycles. The summed E-state index contributed by atoms with van der Waals surface area (Å²) in [6.07, 6.45) is 0. The first-order valence-corrected chi connectivity index (χ1v) is 8.69. The highest BCUT2D eigenvalue weighted by atomic mass is 16.5. The highest BCUT2D eigenvalue weighted by Crippen LogP contribution is 2.20. The fraction of sp³-hybridized carbons (Fsp3) is 0.333. The summed E-state index contributed by atoms with van der Waals surface area (Å²) in [6, 6.07) is 11.3. The fourth-order valence-electron chi connectivity index (χ4n) is 2.44. The summed E-state index contributed by atoms with van der Waals surface area (Å²) in [7, 11) is 0. The van der Waals surface area contributed by atoms with Crippen LogP contribution in [0.4, 0.5) is 0 Å². The quantitative estimate of drug-likeness (QED) is 0.752. The van der Waals surface area contributed by atoms with Crippen LogP contribution in [0.25, 0.3) is 0 Å². The van der Waals surface area contributed by atoms with Gasteiger partial charge in [0.05, 0.1) is 0 Å².